The van der Waals surface area contributed by atoms with E-state index in [1.165, 1.54) is 25.7 Å². The third-order valence-corrected chi connectivity index (χ3v) is 5.44. The molecule has 1 atom stereocenters. The number of hydrogen-bond acceptors (Lipinski definition) is 3. The minimum Gasteiger partial charge on any atom is -0.488 e. The first kappa shape index (κ1) is 24.1. The maximum absolute atomic E-state index is 12.3. The van der Waals surface area contributed by atoms with E-state index < -0.39 is 13.0 Å². The Morgan fingerprint density at radius 2 is 2.07 bits per heavy atom. The molecule has 3 rings (SSSR count). The molecule has 0 spiro atoms. The van der Waals surface area contributed by atoms with Crippen LogP contribution in [0.1, 0.15) is 44.6 Å². The number of benzene rings is 1. The van der Waals surface area contributed by atoms with Gasteiger partial charge in [0.2, 0.25) is 0 Å². The van der Waals surface area contributed by atoms with Crippen molar-refractivity contribution in [3.8, 4) is 5.75 Å². The van der Waals surface area contributed by atoms with Crippen molar-refractivity contribution in [1.29, 1.82) is 0 Å². The number of ether oxygens (including phenoxy) is 1. The van der Waals surface area contributed by atoms with Crippen molar-refractivity contribution in [1.82, 2.24) is 15.5 Å². The smallest absolute Gasteiger partial charge is 0.272 e. The van der Waals surface area contributed by atoms with E-state index in [1.807, 2.05) is 12.1 Å². The van der Waals surface area contributed by atoms with Gasteiger partial charge in [-0.25, -0.2) is 13.8 Å². The van der Waals surface area contributed by atoms with Crippen LogP contribution in [0.15, 0.2) is 29.3 Å². The molecule has 1 saturated heterocycles. The van der Waals surface area contributed by atoms with E-state index in [2.05, 4.69) is 27.4 Å². The van der Waals surface area contributed by atoms with E-state index in [4.69, 9.17) is 4.74 Å². The third-order valence-electron chi connectivity index (χ3n) is 5.44. The lowest BCUT2D eigenvalue weighted by Crippen LogP contribution is -2.45. The molecule has 0 amide bonds. The monoisotopic (exact) mass is 522 g/mol. The molecule has 1 aliphatic carbocycles. The summed E-state index contributed by atoms with van der Waals surface area (Å²) in [5, 5.41) is 6.87. The van der Waals surface area contributed by atoms with Crippen molar-refractivity contribution in [2.45, 2.75) is 64.1 Å². The minimum atomic E-state index is -2.47. The Hall–Kier alpha value is -1.16. The predicted octanol–water partition coefficient (Wildman–Crippen LogP) is 4.02. The van der Waals surface area contributed by atoms with Gasteiger partial charge in [-0.3, -0.25) is 4.90 Å². The van der Waals surface area contributed by atoms with Crippen molar-refractivity contribution in [2.75, 3.05) is 26.2 Å². The van der Waals surface area contributed by atoms with Gasteiger partial charge in [0.15, 0.2) is 5.96 Å². The molecule has 1 aromatic carbocycles. The summed E-state index contributed by atoms with van der Waals surface area (Å²) < 4.78 is 29.7. The van der Waals surface area contributed by atoms with E-state index in [0.29, 0.717) is 18.3 Å². The van der Waals surface area contributed by atoms with Gasteiger partial charge in [0.25, 0.3) is 6.43 Å². The molecule has 1 unspecified atom stereocenters. The van der Waals surface area contributed by atoms with Crippen LogP contribution in [-0.4, -0.2) is 55.6 Å². The van der Waals surface area contributed by atoms with Crippen molar-refractivity contribution in [3.63, 3.8) is 0 Å². The number of alkyl halides is 2. The molecule has 2 fully saturated rings. The molecule has 1 aliphatic heterocycles. The molecule has 1 heterocycles. The molecule has 5 nitrogen and oxygen atoms in total. The van der Waals surface area contributed by atoms with Gasteiger partial charge in [-0.15, -0.1) is 24.0 Å². The number of halogens is 3. The van der Waals surface area contributed by atoms with E-state index in [0.717, 1.165) is 43.6 Å². The first-order valence-corrected chi connectivity index (χ1v) is 10.4. The average molecular weight is 522 g/mol. The van der Waals surface area contributed by atoms with Crippen molar-refractivity contribution in [3.05, 3.63) is 29.8 Å². The molecule has 29 heavy (non-hydrogen) atoms. The third kappa shape index (κ3) is 7.88. The van der Waals surface area contributed by atoms with Crippen LogP contribution in [0.4, 0.5) is 8.78 Å². The summed E-state index contributed by atoms with van der Waals surface area (Å²) in [7, 11) is 0. The molecule has 0 bridgehead atoms. The van der Waals surface area contributed by atoms with Gasteiger partial charge in [0, 0.05) is 31.7 Å². The second kappa shape index (κ2) is 12.5. The highest BCUT2D eigenvalue weighted by atomic mass is 127. The fourth-order valence-corrected chi connectivity index (χ4v) is 4.08. The zero-order valence-electron chi connectivity index (χ0n) is 17.1. The van der Waals surface area contributed by atoms with Crippen LogP contribution in [0.2, 0.25) is 0 Å². The quantitative estimate of drug-likeness (QED) is 0.308. The minimum absolute atomic E-state index is 0. The molecule has 0 radical (unpaired) electrons. The Morgan fingerprint density at radius 3 is 2.79 bits per heavy atom. The molecular formula is C21H33F2IN4O. The fraction of sp³-hybridized carbons (Fsp3) is 0.667. The summed E-state index contributed by atoms with van der Waals surface area (Å²) in [5.74, 6) is 1.26. The van der Waals surface area contributed by atoms with Gasteiger partial charge < -0.3 is 15.4 Å². The number of hydrogen-bond donors (Lipinski definition) is 2. The van der Waals surface area contributed by atoms with Gasteiger partial charge in [-0.05, 0) is 43.9 Å². The first-order valence-electron chi connectivity index (χ1n) is 10.4. The average Bonchev–Trinajstić information content (AvgIpc) is 3.37. The van der Waals surface area contributed by atoms with Crippen LogP contribution < -0.4 is 15.4 Å². The lowest BCUT2D eigenvalue weighted by atomic mass is 10.2. The van der Waals surface area contributed by atoms with E-state index >= 15 is 0 Å². The molecular weight excluding hydrogens is 489 g/mol. The second-order valence-corrected chi connectivity index (χ2v) is 7.61. The Bertz CT molecular complexity index is 641. The highest BCUT2D eigenvalue weighted by molar-refractivity contribution is 14.0. The SMILES string of the molecule is CCNC(=NCc1cccc(OCC(F)F)c1)NC1CCN(C2CCCC2)C1.I. The molecule has 2 N–H and O–H groups in total. The van der Waals surface area contributed by atoms with Crippen LogP contribution in [0.5, 0.6) is 5.75 Å². The molecule has 2 aliphatic rings. The van der Waals surface area contributed by atoms with Gasteiger partial charge >= 0.3 is 0 Å². The molecule has 1 saturated carbocycles. The summed E-state index contributed by atoms with van der Waals surface area (Å²) in [4.78, 5) is 7.30. The van der Waals surface area contributed by atoms with E-state index in [1.54, 1.807) is 12.1 Å². The maximum atomic E-state index is 12.3. The maximum Gasteiger partial charge on any atom is 0.272 e. The zero-order valence-corrected chi connectivity index (χ0v) is 19.4. The Kier molecular flexibility index (Phi) is 10.4. The Labute approximate surface area is 189 Å². The van der Waals surface area contributed by atoms with Crippen LogP contribution in [0.3, 0.4) is 0 Å². The van der Waals surface area contributed by atoms with E-state index in [-0.39, 0.29) is 24.0 Å². The van der Waals surface area contributed by atoms with Gasteiger partial charge in [0.1, 0.15) is 12.4 Å². The molecule has 0 aromatic heterocycles. The van der Waals surface area contributed by atoms with Crippen LogP contribution in [0.25, 0.3) is 0 Å². The predicted molar refractivity (Wildman–Crippen MR) is 124 cm³/mol. The summed E-state index contributed by atoms with van der Waals surface area (Å²) in [5.41, 5.74) is 0.933. The van der Waals surface area contributed by atoms with Gasteiger partial charge in [-0.1, -0.05) is 25.0 Å². The van der Waals surface area contributed by atoms with Crippen LogP contribution in [0, 0.1) is 0 Å². The Morgan fingerprint density at radius 1 is 1.28 bits per heavy atom. The van der Waals surface area contributed by atoms with Crippen molar-refractivity contribution < 1.29 is 13.5 Å². The number of rotatable bonds is 8. The number of nitrogens with one attached hydrogen (secondary N) is 2. The summed E-state index contributed by atoms with van der Waals surface area (Å²) in [6, 6.07) is 8.38. The number of nitrogens with zero attached hydrogens (tertiary/aromatic N) is 2. The summed E-state index contributed by atoms with van der Waals surface area (Å²) in [6.07, 6.45) is 4.07. The highest BCUT2D eigenvalue weighted by Crippen LogP contribution is 2.26. The normalized spacial score (nSPS) is 20.7. The second-order valence-electron chi connectivity index (χ2n) is 7.61. The molecule has 164 valence electrons. The topological polar surface area (TPSA) is 48.9 Å². The summed E-state index contributed by atoms with van der Waals surface area (Å²) in [6.45, 7) is 4.96. The van der Waals surface area contributed by atoms with Crippen molar-refractivity contribution in [2.24, 2.45) is 4.99 Å². The lowest BCUT2D eigenvalue weighted by molar-refractivity contribution is 0.0818. The number of guanidine groups is 1. The first-order chi connectivity index (χ1) is 13.6. The standard InChI is InChI=1S/C21H32F2N4O.HI/c1-2-24-21(26-17-10-11-27(14-17)18-7-3-4-8-18)25-13-16-6-5-9-19(12-16)28-15-20(22)23;/h5-6,9,12,17-18,20H,2-4,7-8,10-11,13-15H2,1H3,(H2,24,25,26);1H. The molecule has 1 aromatic rings. The van der Waals surface area contributed by atoms with E-state index in [9.17, 15) is 8.78 Å². The lowest BCUT2D eigenvalue weighted by Gasteiger charge is -2.24. The Balaban J connectivity index is 0.00000300. The highest BCUT2D eigenvalue weighted by Gasteiger charge is 2.30. The van der Waals surface area contributed by atoms with Gasteiger partial charge in [-0.2, -0.15) is 0 Å². The number of aliphatic imine (C=N–C) groups is 1. The summed E-state index contributed by atoms with van der Waals surface area (Å²) >= 11 is 0. The largest absolute Gasteiger partial charge is 0.488 e. The van der Waals surface area contributed by atoms with Crippen LogP contribution in [-0.2, 0) is 6.54 Å². The van der Waals surface area contributed by atoms with Gasteiger partial charge in [0.05, 0.1) is 6.54 Å². The van der Waals surface area contributed by atoms with Crippen molar-refractivity contribution >= 4 is 29.9 Å². The molecule has 8 heteroatoms. The number of likely N-dealkylation sites (tertiary alicyclic amines) is 1. The zero-order chi connectivity index (χ0) is 19.8. The van der Waals surface area contributed by atoms with Crippen LogP contribution >= 0.6 is 24.0 Å². The fourth-order valence-electron chi connectivity index (χ4n) is 4.08.